The van der Waals surface area contributed by atoms with Crippen LogP contribution in [-0.4, -0.2) is 34.8 Å². The molecule has 0 spiro atoms. The minimum atomic E-state index is -0.471. The van der Waals surface area contributed by atoms with Gasteiger partial charge in [-0.1, -0.05) is 12.1 Å². The van der Waals surface area contributed by atoms with E-state index in [9.17, 15) is 20.1 Å². The number of phenols is 3. The molecule has 126 valence electrons. The minimum Gasteiger partial charge on any atom is -0.508 e. The van der Waals surface area contributed by atoms with Crippen LogP contribution >= 0.6 is 0 Å². The van der Waals surface area contributed by atoms with E-state index in [2.05, 4.69) is 0 Å². The Hall–Kier alpha value is -2.89. The molecule has 0 saturated heterocycles. The van der Waals surface area contributed by atoms with Crippen LogP contribution in [0, 0.1) is 12.8 Å². The summed E-state index contributed by atoms with van der Waals surface area (Å²) in [6, 6.07) is 6.58. The first-order valence-electron chi connectivity index (χ1n) is 7.51. The number of benzene rings is 2. The van der Waals surface area contributed by atoms with Crippen molar-refractivity contribution in [1.29, 1.82) is 0 Å². The SMILES string of the molecule is COc1c(O)c(C)c(O)c2c1OCC(Cc1ccc(O)cc1)C2=O. The van der Waals surface area contributed by atoms with E-state index in [1.54, 1.807) is 24.3 Å². The summed E-state index contributed by atoms with van der Waals surface area (Å²) in [5.41, 5.74) is 1.09. The van der Waals surface area contributed by atoms with Gasteiger partial charge in [0.1, 0.15) is 17.1 Å². The summed E-state index contributed by atoms with van der Waals surface area (Å²) in [7, 11) is 1.36. The van der Waals surface area contributed by atoms with Gasteiger partial charge in [0, 0.05) is 5.56 Å². The van der Waals surface area contributed by atoms with E-state index in [1.165, 1.54) is 14.0 Å². The maximum Gasteiger partial charge on any atom is 0.204 e. The van der Waals surface area contributed by atoms with Crippen molar-refractivity contribution in [3.05, 3.63) is 41.0 Å². The van der Waals surface area contributed by atoms with Crippen molar-refractivity contribution in [3.63, 3.8) is 0 Å². The molecule has 0 aromatic heterocycles. The van der Waals surface area contributed by atoms with Crippen molar-refractivity contribution in [2.24, 2.45) is 5.92 Å². The molecule has 0 bridgehead atoms. The fourth-order valence-corrected chi connectivity index (χ4v) is 2.89. The number of rotatable bonds is 3. The Bertz CT molecular complexity index is 794. The predicted octanol–water partition coefficient (Wildman–Crippen LogP) is 2.55. The van der Waals surface area contributed by atoms with Crippen LogP contribution < -0.4 is 9.47 Å². The third-order valence-corrected chi connectivity index (χ3v) is 4.26. The Balaban J connectivity index is 1.98. The Morgan fingerprint density at radius 1 is 1.17 bits per heavy atom. The van der Waals surface area contributed by atoms with E-state index < -0.39 is 5.92 Å². The molecular weight excluding hydrogens is 312 g/mol. The van der Waals surface area contributed by atoms with E-state index >= 15 is 0 Å². The average Bonchev–Trinajstić information content (AvgIpc) is 2.57. The molecule has 0 radical (unpaired) electrons. The third kappa shape index (κ3) is 2.50. The fourth-order valence-electron chi connectivity index (χ4n) is 2.89. The molecule has 3 rings (SSSR count). The second kappa shape index (κ2) is 5.96. The molecule has 2 aromatic rings. The molecule has 3 N–H and O–H groups in total. The number of aromatic hydroxyl groups is 3. The van der Waals surface area contributed by atoms with Gasteiger partial charge in [0.2, 0.25) is 5.75 Å². The number of carbonyl (C=O) groups is 1. The van der Waals surface area contributed by atoms with Gasteiger partial charge < -0.3 is 24.8 Å². The van der Waals surface area contributed by atoms with Gasteiger partial charge in [-0.25, -0.2) is 0 Å². The number of carbonyl (C=O) groups excluding carboxylic acids is 1. The van der Waals surface area contributed by atoms with Crippen molar-refractivity contribution in [3.8, 4) is 28.7 Å². The highest BCUT2D eigenvalue weighted by molar-refractivity contribution is 6.05. The molecule has 0 fully saturated rings. The van der Waals surface area contributed by atoms with Gasteiger partial charge in [0.15, 0.2) is 17.3 Å². The molecule has 1 atom stereocenters. The number of methoxy groups -OCH3 is 1. The van der Waals surface area contributed by atoms with Gasteiger partial charge in [-0.05, 0) is 31.0 Å². The maximum absolute atomic E-state index is 12.8. The van der Waals surface area contributed by atoms with Crippen molar-refractivity contribution < 1.29 is 29.6 Å². The van der Waals surface area contributed by atoms with Crippen LogP contribution in [0.25, 0.3) is 0 Å². The van der Waals surface area contributed by atoms with Crippen LogP contribution in [0.5, 0.6) is 28.7 Å². The first-order valence-corrected chi connectivity index (χ1v) is 7.51. The van der Waals surface area contributed by atoms with Crippen molar-refractivity contribution >= 4 is 5.78 Å². The summed E-state index contributed by atoms with van der Waals surface area (Å²) in [4.78, 5) is 12.8. The van der Waals surface area contributed by atoms with Crippen LogP contribution in [0.1, 0.15) is 21.5 Å². The zero-order chi connectivity index (χ0) is 17.4. The van der Waals surface area contributed by atoms with Gasteiger partial charge in [-0.3, -0.25) is 4.79 Å². The standard InChI is InChI=1S/C18H18O6/c1-9-14(20)13-16(22)11(7-10-3-5-12(19)6-4-10)8-24-17(13)18(23-2)15(9)21/h3-6,11,19-21H,7-8H2,1-2H3. The second-order valence-electron chi connectivity index (χ2n) is 5.80. The van der Waals surface area contributed by atoms with Gasteiger partial charge in [-0.2, -0.15) is 0 Å². The van der Waals surface area contributed by atoms with E-state index in [4.69, 9.17) is 9.47 Å². The lowest BCUT2D eigenvalue weighted by Gasteiger charge is -2.27. The van der Waals surface area contributed by atoms with Crippen molar-refractivity contribution in [2.45, 2.75) is 13.3 Å². The van der Waals surface area contributed by atoms with Crippen molar-refractivity contribution in [2.75, 3.05) is 13.7 Å². The van der Waals surface area contributed by atoms with Gasteiger partial charge in [0.05, 0.1) is 19.6 Å². The highest BCUT2D eigenvalue weighted by Gasteiger charge is 2.36. The third-order valence-electron chi connectivity index (χ3n) is 4.26. The zero-order valence-corrected chi connectivity index (χ0v) is 13.4. The lowest BCUT2D eigenvalue weighted by atomic mass is 9.88. The summed E-state index contributed by atoms with van der Waals surface area (Å²) < 4.78 is 10.8. The number of ketones is 1. The number of Topliss-reactive ketones (excluding diaryl/α,β-unsaturated/α-hetero) is 1. The smallest absolute Gasteiger partial charge is 0.204 e. The molecule has 1 unspecified atom stereocenters. The molecule has 0 aliphatic carbocycles. The molecule has 0 saturated carbocycles. The average molecular weight is 330 g/mol. The highest BCUT2D eigenvalue weighted by atomic mass is 16.5. The number of phenolic OH excluding ortho intramolecular Hbond substituents is 3. The quantitative estimate of drug-likeness (QED) is 0.800. The molecule has 6 heteroatoms. The number of ether oxygens (including phenoxy) is 2. The minimum absolute atomic E-state index is 0.0391. The Labute approximate surface area is 138 Å². The van der Waals surface area contributed by atoms with Gasteiger partial charge >= 0.3 is 0 Å². The van der Waals surface area contributed by atoms with E-state index in [0.717, 1.165) is 5.56 Å². The van der Waals surface area contributed by atoms with Gasteiger partial charge in [0.25, 0.3) is 0 Å². The van der Waals surface area contributed by atoms with Crippen LogP contribution in [-0.2, 0) is 6.42 Å². The van der Waals surface area contributed by atoms with Crippen LogP contribution in [0.2, 0.25) is 0 Å². The van der Waals surface area contributed by atoms with E-state index in [-0.39, 0.29) is 52.3 Å². The zero-order valence-electron chi connectivity index (χ0n) is 13.4. The molecule has 1 aliphatic rings. The monoisotopic (exact) mass is 330 g/mol. The first kappa shape index (κ1) is 16.0. The Morgan fingerprint density at radius 3 is 2.46 bits per heavy atom. The summed E-state index contributed by atoms with van der Waals surface area (Å²) >= 11 is 0. The molecule has 1 heterocycles. The summed E-state index contributed by atoms with van der Waals surface area (Å²) in [5.74, 6) is -0.974. The van der Waals surface area contributed by atoms with Crippen molar-refractivity contribution in [1.82, 2.24) is 0 Å². The van der Waals surface area contributed by atoms with Crippen LogP contribution in [0.4, 0.5) is 0 Å². The topological polar surface area (TPSA) is 96.2 Å². The van der Waals surface area contributed by atoms with E-state index in [1.807, 2.05) is 0 Å². The summed E-state index contributed by atoms with van der Waals surface area (Å²) in [5, 5.41) is 29.7. The number of hydrogen-bond acceptors (Lipinski definition) is 6. The maximum atomic E-state index is 12.8. The Morgan fingerprint density at radius 2 is 1.83 bits per heavy atom. The Kier molecular flexibility index (Phi) is 3.97. The summed E-state index contributed by atoms with van der Waals surface area (Å²) in [6.45, 7) is 1.62. The summed E-state index contributed by atoms with van der Waals surface area (Å²) in [6.07, 6.45) is 0.417. The fraction of sp³-hybridized carbons (Fsp3) is 0.278. The molecule has 0 amide bonds. The first-order chi connectivity index (χ1) is 11.4. The second-order valence-corrected chi connectivity index (χ2v) is 5.80. The predicted molar refractivity (Wildman–Crippen MR) is 86.2 cm³/mol. The molecule has 24 heavy (non-hydrogen) atoms. The number of fused-ring (bicyclic) bond motifs is 1. The molecule has 6 nitrogen and oxygen atoms in total. The van der Waals surface area contributed by atoms with Gasteiger partial charge in [-0.15, -0.1) is 0 Å². The van der Waals surface area contributed by atoms with Crippen LogP contribution in [0.3, 0.4) is 0 Å². The highest BCUT2D eigenvalue weighted by Crippen LogP contribution is 2.50. The lowest BCUT2D eigenvalue weighted by Crippen LogP contribution is -2.30. The largest absolute Gasteiger partial charge is 0.508 e. The molecule has 1 aliphatic heterocycles. The normalized spacial score (nSPS) is 16.4. The lowest BCUT2D eigenvalue weighted by molar-refractivity contribution is 0.0820. The molecular formula is C18H18O6. The number of hydrogen-bond donors (Lipinski definition) is 3. The molecule has 2 aromatic carbocycles. The van der Waals surface area contributed by atoms with Crippen LogP contribution in [0.15, 0.2) is 24.3 Å². The van der Waals surface area contributed by atoms with E-state index in [0.29, 0.717) is 6.42 Å².